The molecule has 1 N–H and O–H groups in total. The lowest BCUT2D eigenvalue weighted by Crippen LogP contribution is -2.42. The van der Waals surface area contributed by atoms with Crippen LogP contribution in [0.2, 0.25) is 0 Å². The zero-order valence-corrected chi connectivity index (χ0v) is 10.5. The SMILES string of the molecule is O=C(O)c1cccc(CN2CC3CCC(C2)O3)c1F. The standard InChI is InChI=1S/C14H16FNO3/c15-13-9(2-1-3-12(13)14(17)18)6-16-7-10-4-5-11(8-16)19-10/h1-3,10-11H,4-8H2,(H,17,18). The maximum absolute atomic E-state index is 14.0. The number of nitrogens with zero attached hydrogens (tertiary/aromatic N) is 1. The van der Waals surface area contributed by atoms with Gasteiger partial charge in [0.2, 0.25) is 0 Å². The molecule has 2 atom stereocenters. The highest BCUT2D eigenvalue weighted by Gasteiger charge is 2.33. The summed E-state index contributed by atoms with van der Waals surface area (Å²) in [6, 6.07) is 4.54. The first-order valence-corrected chi connectivity index (χ1v) is 6.52. The normalized spacial score (nSPS) is 26.6. The molecule has 4 nitrogen and oxygen atoms in total. The summed E-state index contributed by atoms with van der Waals surface area (Å²) in [4.78, 5) is 13.1. The summed E-state index contributed by atoms with van der Waals surface area (Å²) in [5.74, 6) is -1.84. The molecule has 2 aliphatic heterocycles. The number of carboxylic acids is 1. The van der Waals surface area contributed by atoms with Gasteiger partial charge in [-0.15, -0.1) is 0 Å². The number of morpholine rings is 1. The molecule has 1 aromatic carbocycles. The second-order valence-electron chi connectivity index (χ2n) is 5.24. The molecule has 2 unspecified atom stereocenters. The van der Waals surface area contributed by atoms with Crippen molar-refractivity contribution in [2.45, 2.75) is 31.6 Å². The highest BCUT2D eigenvalue weighted by molar-refractivity contribution is 5.88. The molecule has 0 aromatic heterocycles. The van der Waals surface area contributed by atoms with Gasteiger partial charge in [0.05, 0.1) is 17.8 Å². The van der Waals surface area contributed by atoms with Crippen LogP contribution >= 0.6 is 0 Å². The van der Waals surface area contributed by atoms with E-state index in [4.69, 9.17) is 9.84 Å². The molecule has 1 aromatic rings. The number of carbonyl (C=O) groups is 1. The van der Waals surface area contributed by atoms with Crippen molar-refractivity contribution in [3.05, 3.63) is 35.1 Å². The predicted molar refractivity (Wildman–Crippen MR) is 66.5 cm³/mol. The summed E-state index contributed by atoms with van der Waals surface area (Å²) in [7, 11) is 0. The second-order valence-corrected chi connectivity index (χ2v) is 5.24. The van der Waals surface area contributed by atoms with Crippen LogP contribution in [-0.2, 0) is 11.3 Å². The number of hydrogen-bond donors (Lipinski definition) is 1. The van der Waals surface area contributed by atoms with Gasteiger partial charge in [-0.3, -0.25) is 4.90 Å². The summed E-state index contributed by atoms with van der Waals surface area (Å²) in [5.41, 5.74) is 0.190. The van der Waals surface area contributed by atoms with Crippen molar-refractivity contribution in [3.63, 3.8) is 0 Å². The molecule has 2 fully saturated rings. The summed E-state index contributed by atoms with van der Waals surface area (Å²) in [5, 5.41) is 8.92. The Hall–Kier alpha value is -1.46. The molecule has 0 aliphatic carbocycles. The molecule has 0 amide bonds. The highest BCUT2D eigenvalue weighted by Crippen LogP contribution is 2.27. The average Bonchev–Trinajstić information content (AvgIpc) is 2.71. The lowest BCUT2D eigenvalue weighted by Gasteiger charge is -2.32. The second kappa shape index (κ2) is 4.90. The van der Waals surface area contributed by atoms with E-state index in [0.717, 1.165) is 25.9 Å². The van der Waals surface area contributed by atoms with Crippen LogP contribution in [0.5, 0.6) is 0 Å². The largest absolute Gasteiger partial charge is 0.478 e. The fourth-order valence-corrected chi connectivity index (χ4v) is 2.94. The van der Waals surface area contributed by atoms with Crippen LogP contribution in [0.1, 0.15) is 28.8 Å². The lowest BCUT2D eigenvalue weighted by atomic mass is 10.1. The van der Waals surface area contributed by atoms with Gasteiger partial charge in [0.1, 0.15) is 5.82 Å². The van der Waals surface area contributed by atoms with E-state index in [1.165, 1.54) is 6.07 Å². The Morgan fingerprint density at radius 2 is 2.05 bits per heavy atom. The third-order valence-corrected chi connectivity index (χ3v) is 3.82. The molecule has 3 rings (SSSR count). The minimum absolute atomic E-state index is 0.254. The van der Waals surface area contributed by atoms with Crippen LogP contribution in [0.3, 0.4) is 0 Å². The van der Waals surface area contributed by atoms with Gasteiger partial charge in [-0.1, -0.05) is 12.1 Å². The van der Waals surface area contributed by atoms with Crippen molar-refractivity contribution in [2.24, 2.45) is 0 Å². The van der Waals surface area contributed by atoms with Crippen molar-refractivity contribution >= 4 is 5.97 Å². The maximum atomic E-state index is 14.0. The molecule has 2 bridgehead atoms. The first-order chi connectivity index (χ1) is 9.13. The van der Waals surface area contributed by atoms with Gasteiger partial charge < -0.3 is 9.84 Å². The van der Waals surface area contributed by atoms with Crippen LogP contribution in [0, 0.1) is 5.82 Å². The van der Waals surface area contributed by atoms with Crippen LogP contribution in [0.25, 0.3) is 0 Å². The molecule has 102 valence electrons. The summed E-state index contributed by atoms with van der Waals surface area (Å²) >= 11 is 0. The number of aromatic carboxylic acids is 1. The zero-order chi connectivity index (χ0) is 13.4. The van der Waals surface area contributed by atoms with E-state index in [1.54, 1.807) is 12.1 Å². The van der Waals surface area contributed by atoms with E-state index >= 15 is 0 Å². The predicted octanol–water partition coefficient (Wildman–Crippen LogP) is 1.89. The van der Waals surface area contributed by atoms with Crippen LogP contribution < -0.4 is 0 Å². The first kappa shape index (κ1) is 12.6. The molecule has 0 radical (unpaired) electrons. The third kappa shape index (κ3) is 2.48. The van der Waals surface area contributed by atoms with Gasteiger partial charge in [0, 0.05) is 25.2 Å². The van der Waals surface area contributed by atoms with E-state index in [9.17, 15) is 9.18 Å². The Bertz CT molecular complexity index is 493. The number of fused-ring (bicyclic) bond motifs is 2. The molecule has 2 aliphatic rings. The monoisotopic (exact) mass is 265 g/mol. The molecule has 19 heavy (non-hydrogen) atoms. The van der Waals surface area contributed by atoms with E-state index < -0.39 is 11.8 Å². The molecular formula is C14H16FNO3. The van der Waals surface area contributed by atoms with Gasteiger partial charge in [-0.2, -0.15) is 0 Å². The van der Waals surface area contributed by atoms with Gasteiger partial charge >= 0.3 is 5.97 Å². The third-order valence-electron chi connectivity index (χ3n) is 3.82. The Kier molecular flexibility index (Phi) is 3.24. The van der Waals surface area contributed by atoms with Crippen molar-refractivity contribution in [3.8, 4) is 0 Å². The molecule has 2 heterocycles. The van der Waals surface area contributed by atoms with E-state index in [-0.39, 0.29) is 17.8 Å². The van der Waals surface area contributed by atoms with E-state index in [0.29, 0.717) is 12.1 Å². The van der Waals surface area contributed by atoms with Gasteiger partial charge in [-0.25, -0.2) is 9.18 Å². The molecule has 0 spiro atoms. The quantitative estimate of drug-likeness (QED) is 0.906. The van der Waals surface area contributed by atoms with Crippen molar-refractivity contribution in [1.29, 1.82) is 0 Å². The molecule has 5 heteroatoms. The van der Waals surface area contributed by atoms with E-state index in [1.807, 2.05) is 0 Å². The van der Waals surface area contributed by atoms with E-state index in [2.05, 4.69) is 4.90 Å². The summed E-state index contributed by atoms with van der Waals surface area (Å²) < 4.78 is 19.8. The summed E-state index contributed by atoms with van der Waals surface area (Å²) in [6.07, 6.45) is 2.64. The number of halogens is 1. The Labute approximate surface area is 110 Å². The fraction of sp³-hybridized carbons (Fsp3) is 0.500. The molecular weight excluding hydrogens is 249 g/mol. The van der Waals surface area contributed by atoms with Crippen molar-refractivity contribution < 1.29 is 19.0 Å². The Balaban J connectivity index is 1.76. The van der Waals surface area contributed by atoms with Crippen LogP contribution in [0.15, 0.2) is 18.2 Å². The van der Waals surface area contributed by atoms with Crippen LogP contribution in [-0.4, -0.2) is 41.3 Å². The minimum Gasteiger partial charge on any atom is -0.478 e. The topological polar surface area (TPSA) is 49.8 Å². The average molecular weight is 265 g/mol. The first-order valence-electron chi connectivity index (χ1n) is 6.52. The van der Waals surface area contributed by atoms with Gasteiger partial charge in [0.15, 0.2) is 0 Å². The van der Waals surface area contributed by atoms with Crippen LogP contribution in [0.4, 0.5) is 4.39 Å². The number of carboxylic acid groups (broad SMARTS) is 1. The van der Waals surface area contributed by atoms with Gasteiger partial charge in [0.25, 0.3) is 0 Å². The number of hydrogen-bond acceptors (Lipinski definition) is 3. The number of benzene rings is 1. The fourth-order valence-electron chi connectivity index (χ4n) is 2.94. The lowest BCUT2D eigenvalue weighted by molar-refractivity contribution is -0.0413. The maximum Gasteiger partial charge on any atom is 0.338 e. The number of likely N-dealkylation sites (tertiary alicyclic amines) is 1. The van der Waals surface area contributed by atoms with Crippen molar-refractivity contribution in [1.82, 2.24) is 4.90 Å². The highest BCUT2D eigenvalue weighted by atomic mass is 19.1. The van der Waals surface area contributed by atoms with Crippen molar-refractivity contribution in [2.75, 3.05) is 13.1 Å². The zero-order valence-electron chi connectivity index (χ0n) is 10.5. The summed E-state index contributed by atoms with van der Waals surface area (Å²) in [6.45, 7) is 2.05. The minimum atomic E-state index is -1.22. The molecule has 0 saturated carbocycles. The number of rotatable bonds is 3. The number of ether oxygens (including phenoxy) is 1. The van der Waals surface area contributed by atoms with Gasteiger partial charge in [-0.05, 0) is 18.9 Å². The smallest absolute Gasteiger partial charge is 0.338 e. The Morgan fingerprint density at radius 3 is 2.68 bits per heavy atom. The Morgan fingerprint density at radius 1 is 1.37 bits per heavy atom. The molecule has 2 saturated heterocycles.